The van der Waals surface area contributed by atoms with Gasteiger partial charge in [0.25, 0.3) is 11.8 Å². The van der Waals surface area contributed by atoms with Crippen LogP contribution in [0.5, 0.6) is 0 Å². The summed E-state index contributed by atoms with van der Waals surface area (Å²) >= 11 is 6.58. The first-order valence-corrected chi connectivity index (χ1v) is 8.00. The van der Waals surface area contributed by atoms with Crippen molar-refractivity contribution in [3.05, 3.63) is 38.4 Å². The molecule has 0 saturated heterocycles. The van der Waals surface area contributed by atoms with Gasteiger partial charge in [-0.1, -0.05) is 15.9 Å². The predicted octanol–water partition coefficient (Wildman–Crippen LogP) is 1.66. The lowest BCUT2D eigenvalue weighted by Crippen LogP contribution is -2.34. The summed E-state index contributed by atoms with van der Waals surface area (Å²) in [6, 6.07) is 3.22. The van der Waals surface area contributed by atoms with Crippen LogP contribution in [-0.4, -0.2) is 48.1 Å². The average molecular weight is 448 g/mol. The van der Waals surface area contributed by atoms with E-state index in [1.165, 1.54) is 13.2 Å². The summed E-state index contributed by atoms with van der Waals surface area (Å²) in [6.45, 7) is -0.418. The van der Waals surface area contributed by atoms with Crippen molar-refractivity contribution >= 4 is 55.3 Å². The Kier molecular flexibility index (Phi) is 5.55. The highest BCUT2D eigenvalue weighted by Gasteiger charge is 2.31. The lowest BCUT2D eigenvalue weighted by molar-refractivity contribution is -0.137. The third-order valence-corrected chi connectivity index (χ3v) is 4.14. The number of aliphatic hydroxyl groups excluding tert-OH is 1. The minimum Gasteiger partial charge on any atom is -0.465 e. The van der Waals surface area contributed by atoms with E-state index in [1.807, 2.05) is 0 Å². The van der Waals surface area contributed by atoms with Gasteiger partial charge in [-0.15, -0.1) is 0 Å². The number of β-amino-alcohol motifs (C(OH)–C–C–N with tert-alkyl or cyclic N) is 1. The maximum atomic E-state index is 12.2. The van der Waals surface area contributed by atoms with Crippen molar-refractivity contribution in [3.63, 3.8) is 0 Å². The number of aliphatic hydroxyl groups is 1. The Hall–Kier alpha value is -1.71. The molecule has 1 heterocycles. The molecule has 0 spiro atoms. The Morgan fingerprint density at radius 1 is 1.35 bits per heavy atom. The number of carbonyl (C=O) groups excluding carboxylic acids is 3. The van der Waals surface area contributed by atoms with Crippen molar-refractivity contribution in [1.82, 2.24) is 4.90 Å². The van der Waals surface area contributed by atoms with E-state index in [0.717, 1.165) is 11.0 Å². The summed E-state index contributed by atoms with van der Waals surface area (Å²) in [5.74, 6) is -1.70. The van der Waals surface area contributed by atoms with E-state index in [-0.39, 0.29) is 24.4 Å². The Labute approximate surface area is 148 Å². The Morgan fingerprint density at radius 2 is 2.04 bits per heavy atom. The smallest absolute Gasteiger partial charge is 0.340 e. The molecule has 1 aromatic carbocycles. The van der Waals surface area contributed by atoms with Crippen molar-refractivity contribution < 1.29 is 24.2 Å². The number of nitrogens with one attached hydrogen (secondary N) is 1. The molecule has 0 fully saturated rings. The molecule has 0 atom stereocenters. The number of carbonyl (C=O) groups is 3. The lowest BCUT2D eigenvalue weighted by Gasteiger charge is -2.16. The van der Waals surface area contributed by atoms with Crippen LogP contribution in [0.2, 0.25) is 0 Å². The quantitative estimate of drug-likeness (QED) is 0.526. The van der Waals surface area contributed by atoms with Crippen molar-refractivity contribution in [1.29, 1.82) is 0 Å². The SMILES string of the molecule is COC(=O)c1cc(Br)cc(Br)c1NC1=CC(=O)N(CCO)C1=O. The Morgan fingerprint density at radius 3 is 2.65 bits per heavy atom. The van der Waals surface area contributed by atoms with E-state index in [4.69, 9.17) is 9.84 Å². The second-order valence-electron chi connectivity index (χ2n) is 4.50. The summed E-state index contributed by atoms with van der Waals surface area (Å²) in [4.78, 5) is 36.7. The molecule has 0 bridgehead atoms. The third kappa shape index (κ3) is 3.62. The molecular weight excluding hydrogens is 436 g/mol. The topological polar surface area (TPSA) is 95.9 Å². The first kappa shape index (κ1) is 17.6. The van der Waals surface area contributed by atoms with Crippen molar-refractivity contribution in [2.75, 3.05) is 25.6 Å². The van der Waals surface area contributed by atoms with E-state index in [2.05, 4.69) is 37.2 Å². The molecule has 0 aromatic heterocycles. The van der Waals surface area contributed by atoms with E-state index >= 15 is 0 Å². The molecule has 23 heavy (non-hydrogen) atoms. The second kappa shape index (κ2) is 7.24. The van der Waals surface area contributed by atoms with Gasteiger partial charge in [0.15, 0.2) is 0 Å². The molecule has 0 unspecified atom stereocenters. The molecule has 1 aliphatic rings. The van der Waals surface area contributed by atoms with Crippen LogP contribution in [0.4, 0.5) is 5.69 Å². The lowest BCUT2D eigenvalue weighted by atomic mass is 10.1. The van der Waals surface area contributed by atoms with E-state index < -0.39 is 17.8 Å². The van der Waals surface area contributed by atoms with Crippen LogP contribution in [0.3, 0.4) is 0 Å². The third-order valence-electron chi connectivity index (χ3n) is 3.05. The predicted molar refractivity (Wildman–Crippen MR) is 88.7 cm³/mol. The van der Waals surface area contributed by atoms with Crippen molar-refractivity contribution in [3.8, 4) is 0 Å². The van der Waals surface area contributed by atoms with Gasteiger partial charge in [0.05, 0.1) is 31.5 Å². The largest absolute Gasteiger partial charge is 0.465 e. The highest BCUT2D eigenvalue weighted by atomic mass is 79.9. The van der Waals surface area contributed by atoms with Gasteiger partial charge < -0.3 is 15.2 Å². The van der Waals surface area contributed by atoms with Gasteiger partial charge in [-0.2, -0.15) is 0 Å². The molecule has 0 aliphatic carbocycles. The minimum absolute atomic E-state index is 0.0108. The van der Waals surface area contributed by atoms with Crippen LogP contribution in [0.1, 0.15) is 10.4 Å². The summed E-state index contributed by atoms with van der Waals surface area (Å²) in [6.07, 6.45) is 1.12. The number of halogens is 2. The molecule has 7 nitrogen and oxygen atoms in total. The number of methoxy groups -OCH3 is 1. The van der Waals surface area contributed by atoms with Crippen LogP contribution in [-0.2, 0) is 14.3 Å². The number of esters is 1. The van der Waals surface area contributed by atoms with Gasteiger partial charge in [0, 0.05) is 15.0 Å². The molecule has 1 aromatic rings. The number of rotatable bonds is 5. The van der Waals surface area contributed by atoms with E-state index in [9.17, 15) is 14.4 Å². The van der Waals surface area contributed by atoms with Gasteiger partial charge in [0.1, 0.15) is 5.70 Å². The number of hydrogen-bond donors (Lipinski definition) is 2. The zero-order valence-electron chi connectivity index (χ0n) is 11.9. The standard InChI is InChI=1S/C14H12Br2N2O5/c1-23-14(22)8-4-7(15)5-9(16)12(8)17-10-6-11(20)18(2-3-19)13(10)21/h4-6,17,19H,2-3H2,1H3. The Balaban J connectivity index is 2.38. The molecule has 122 valence electrons. The summed E-state index contributed by atoms with van der Waals surface area (Å²) < 4.78 is 5.87. The monoisotopic (exact) mass is 446 g/mol. The Bertz CT molecular complexity index is 717. The van der Waals surface area contributed by atoms with Crippen molar-refractivity contribution in [2.45, 2.75) is 0 Å². The summed E-state index contributed by atoms with van der Waals surface area (Å²) in [7, 11) is 1.24. The van der Waals surface area contributed by atoms with Crippen LogP contribution in [0.25, 0.3) is 0 Å². The molecule has 2 N–H and O–H groups in total. The second-order valence-corrected chi connectivity index (χ2v) is 6.27. The fraction of sp³-hybridized carbons (Fsp3) is 0.214. The zero-order valence-corrected chi connectivity index (χ0v) is 15.1. The summed E-state index contributed by atoms with van der Waals surface area (Å²) in [5.41, 5.74) is 0.505. The maximum Gasteiger partial charge on any atom is 0.340 e. The van der Waals surface area contributed by atoms with Gasteiger partial charge in [-0.3, -0.25) is 14.5 Å². The number of imide groups is 1. The molecule has 9 heteroatoms. The van der Waals surface area contributed by atoms with E-state index in [1.54, 1.807) is 6.07 Å². The molecule has 0 saturated carbocycles. The van der Waals surface area contributed by atoms with Crippen molar-refractivity contribution in [2.24, 2.45) is 0 Å². The van der Waals surface area contributed by atoms with Crippen LogP contribution in [0.15, 0.2) is 32.9 Å². The van der Waals surface area contributed by atoms with E-state index in [0.29, 0.717) is 14.6 Å². The maximum absolute atomic E-state index is 12.2. The molecule has 2 amide bonds. The highest BCUT2D eigenvalue weighted by molar-refractivity contribution is 9.11. The first-order valence-electron chi connectivity index (χ1n) is 6.41. The highest BCUT2D eigenvalue weighted by Crippen LogP contribution is 2.33. The van der Waals surface area contributed by atoms with Crippen LogP contribution in [0, 0.1) is 0 Å². The zero-order chi connectivity index (χ0) is 17.1. The van der Waals surface area contributed by atoms with Gasteiger partial charge in [-0.25, -0.2) is 4.79 Å². The molecule has 0 radical (unpaired) electrons. The van der Waals surface area contributed by atoms with Gasteiger partial charge in [0.2, 0.25) is 0 Å². The normalized spacial score (nSPS) is 14.1. The number of ether oxygens (including phenoxy) is 1. The summed E-state index contributed by atoms with van der Waals surface area (Å²) in [5, 5.41) is 11.7. The first-order chi connectivity index (χ1) is 10.9. The number of anilines is 1. The van der Waals surface area contributed by atoms with Gasteiger partial charge >= 0.3 is 5.97 Å². The number of benzene rings is 1. The minimum atomic E-state index is -0.598. The molecule has 2 rings (SSSR count). The van der Waals surface area contributed by atoms with Crippen LogP contribution >= 0.6 is 31.9 Å². The molecule has 1 aliphatic heterocycles. The van der Waals surface area contributed by atoms with Crippen LogP contribution < -0.4 is 5.32 Å². The molecular formula is C14H12Br2N2O5. The average Bonchev–Trinajstić information content (AvgIpc) is 2.76. The fourth-order valence-electron chi connectivity index (χ4n) is 2.02. The number of amides is 2. The fourth-order valence-corrected chi connectivity index (χ4v) is 3.34. The number of nitrogens with zero attached hydrogens (tertiary/aromatic N) is 1. The van der Waals surface area contributed by atoms with Gasteiger partial charge in [-0.05, 0) is 28.1 Å². The number of hydrogen-bond acceptors (Lipinski definition) is 6.